The maximum atomic E-state index is 12.9. The summed E-state index contributed by atoms with van der Waals surface area (Å²) in [7, 11) is -2.41. The summed E-state index contributed by atoms with van der Waals surface area (Å²) in [5.41, 5.74) is 1.15. The number of hydrogen-bond acceptors (Lipinski definition) is 6. The minimum atomic E-state index is -3.70. The molecule has 3 aromatic rings. The van der Waals surface area contributed by atoms with Crippen LogP contribution in [0.2, 0.25) is 0 Å². The molecule has 0 bridgehead atoms. The minimum Gasteiger partial charge on any atom is -0.454 e. The van der Waals surface area contributed by atoms with Crippen molar-refractivity contribution in [3.05, 3.63) is 77.9 Å². The predicted molar refractivity (Wildman–Crippen MR) is 118 cm³/mol. The lowest BCUT2D eigenvalue weighted by atomic mass is 10.1. The van der Waals surface area contributed by atoms with Gasteiger partial charge in [-0.15, -0.1) is 0 Å². The average Bonchev–Trinajstić information content (AvgIpc) is 3.27. The van der Waals surface area contributed by atoms with Crippen LogP contribution in [0.25, 0.3) is 0 Å². The number of fused-ring (bicyclic) bond motifs is 1. The Morgan fingerprint density at radius 3 is 2.44 bits per heavy atom. The number of sulfonamides is 1. The van der Waals surface area contributed by atoms with Crippen molar-refractivity contribution in [2.45, 2.75) is 4.90 Å². The number of nitrogens with one attached hydrogen (secondary N) is 3. The van der Waals surface area contributed by atoms with E-state index in [-0.39, 0.29) is 28.5 Å². The highest BCUT2D eigenvalue weighted by atomic mass is 32.2. The van der Waals surface area contributed by atoms with Crippen LogP contribution in [0, 0.1) is 0 Å². The number of benzene rings is 3. The quantitative estimate of drug-likeness (QED) is 0.528. The van der Waals surface area contributed by atoms with Gasteiger partial charge in [0.05, 0.1) is 16.1 Å². The Balaban J connectivity index is 1.54. The highest BCUT2D eigenvalue weighted by Gasteiger charge is 2.18. The van der Waals surface area contributed by atoms with Gasteiger partial charge in [-0.1, -0.05) is 18.2 Å². The molecule has 9 nitrogen and oxygen atoms in total. The molecule has 1 aliphatic heterocycles. The number of rotatable bonds is 6. The lowest BCUT2D eigenvalue weighted by Gasteiger charge is -2.12. The number of carbonyl (C=O) groups excluding carboxylic acids is 2. The Labute approximate surface area is 184 Å². The summed E-state index contributed by atoms with van der Waals surface area (Å²) in [6.45, 7) is 0.123. The van der Waals surface area contributed by atoms with Gasteiger partial charge < -0.3 is 20.1 Å². The fourth-order valence-electron chi connectivity index (χ4n) is 3.08. The van der Waals surface area contributed by atoms with Crippen molar-refractivity contribution in [1.82, 2.24) is 4.72 Å². The summed E-state index contributed by atoms with van der Waals surface area (Å²) in [4.78, 5) is 25.6. The normalized spacial score (nSPS) is 12.3. The topological polar surface area (TPSA) is 123 Å². The lowest BCUT2D eigenvalue weighted by Crippen LogP contribution is -2.20. The van der Waals surface area contributed by atoms with Crippen molar-refractivity contribution in [2.24, 2.45) is 0 Å². The van der Waals surface area contributed by atoms with Gasteiger partial charge in [-0.25, -0.2) is 13.1 Å². The standard InChI is InChI=1S/C22H19N3O6S/c1-23-32(28,29)16-6-4-5-14(11-16)21(26)25-18-8-3-2-7-17(18)22(27)24-15-9-10-19-20(12-15)31-13-30-19/h2-12,23H,13H2,1H3,(H,24,27)(H,25,26). The molecule has 3 N–H and O–H groups in total. The Morgan fingerprint density at radius 1 is 0.844 bits per heavy atom. The van der Waals surface area contributed by atoms with E-state index in [4.69, 9.17) is 9.47 Å². The fraction of sp³-hybridized carbons (Fsp3) is 0.0909. The Kier molecular flexibility index (Phi) is 5.80. The smallest absolute Gasteiger partial charge is 0.257 e. The molecule has 0 saturated heterocycles. The zero-order valence-electron chi connectivity index (χ0n) is 16.9. The molecule has 0 unspecified atom stereocenters. The second kappa shape index (κ2) is 8.69. The van der Waals surface area contributed by atoms with E-state index in [9.17, 15) is 18.0 Å². The van der Waals surface area contributed by atoms with Crippen molar-refractivity contribution in [2.75, 3.05) is 24.5 Å². The highest BCUT2D eigenvalue weighted by molar-refractivity contribution is 7.89. The van der Waals surface area contributed by atoms with E-state index in [0.29, 0.717) is 17.2 Å². The van der Waals surface area contributed by atoms with Crippen LogP contribution < -0.4 is 24.8 Å². The maximum Gasteiger partial charge on any atom is 0.257 e. The van der Waals surface area contributed by atoms with Gasteiger partial charge in [0, 0.05) is 17.3 Å². The second-order valence-corrected chi connectivity index (χ2v) is 8.64. The highest BCUT2D eigenvalue weighted by Crippen LogP contribution is 2.34. The zero-order chi connectivity index (χ0) is 22.7. The second-order valence-electron chi connectivity index (χ2n) is 6.76. The molecule has 0 spiro atoms. The van der Waals surface area contributed by atoms with E-state index in [2.05, 4.69) is 15.4 Å². The third-order valence-electron chi connectivity index (χ3n) is 4.73. The maximum absolute atomic E-state index is 12.9. The van der Waals surface area contributed by atoms with Crippen LogP contribution in [0.5, 0.6) is 11.5 Å². The van der Waals surface area contributed by atoms with Crippen LogP contribution in [0.15, 0.2) is 71.6 Å². The molecule has 0 aliphatic carbocycles. The van der Waals surface area contributed by atoms with Crippen LogP contribution >= 0.6 is 0 Å². The molecule has 1 aliphatic rings. The number of hydrogen-bond donors (Lipinski definition) is 3. The third-order valence-corrected chi connectivity index (χ3v) is 6.14. The summed E-state index contributed by atoms with van der Waals surface area (Å²) in [6.07, 6.45) is 0. The van der Waals surface area contributed by atoms with E-state index in [1.165, 1.54) is 31.3 Å². The van der Waals surface area contributed by atoms with E-state index >= 15 is 0 Å². The first-order valence-corrected chi connectivity index (χ1v) is 11.0. The molecule has 0 atom stereocenters. The summed E-state index contributed by atoms with van der Waals surface area (Å²) < 4.78 is 36.8. The van der Waals surface area contributed by atoms with E-state index in [0.717, 1.165) is 0 Å². The third kappa shape index (κ3) is 4.41. The fourth-order valence-corrected chi connectivity index (χ4v) is 3.86. The molecule has 0 saturated carbocycles. The van der Waals surface area contributed by atoms with Gasteiger partial charge in [-0.2, -0.15) is 0 Å². The average molecular weight is 453 g/mol. The Bertz CT molecular complexity index is 1310. The van der Waals surface area contributed by atoms with Gasteiger partial charge in [-0.05, 0) is 49.5 Å². The van der Waals surface area contributed by atoms with Crippen LogP contribution in [-0.2, 0) is 10.0 Å². The lowest BCUT2D eigenvalue weighted by molar-refractivity contribution is 0.102. The zero-order valence-corrected chi connectivity index (χ0v) is 17.7. The molecule has 0 aromatic heterocycles. The van der Waals surface area contributed by atoms with Crippen molar-refractivity contribution < 1.29 is 27.5 Å². The number of anilines is 2. The van der Waals surface area contributed by atoms with Crippen LogP contribution in [0.1, 0.15) is 20.7 Å². The molecular formula is C22H19N3O6S. The van der Waals surface area contributed by atoms with Crippen molar-refractivity contribution >= 4 is 33.2 Å². The molecule has 1 heterocycles. The molecule has 2 amide bonds. The molecule has 0 fully saturated rings. The van der Waals surface area contributed by atoms with Crippen LogP contribution in [-0.4, -0.2) is 34.1 Å². The van der Waals surface area contributed by atoms with E-state index < -0.39 is 21.8 Å². The number of amides is 2. The molecule has 0 radical (unpaired) electrons. The van der Waals surface area contributed by atoms with Gasteiger partial charge in [0.25, 0.3) is 11.8 Å². The van der Waals surface area contributed by atoms with Gasteiger partial charge in [0.15, 0.2) is 11.5 Å². The van der Waals surface area contributed by atoms with Gasteiger partial charge in [0.2, 0.25) is 16.8 Å². The van der Waals surface area contributed by atoms with Crippen molar-refractivity contribution in [1.29, 1.82) is 0 Å². The van der Waals surface area contributed by atoms with Crippen molar-refractivity contribution in [3.8, 4) is 11.5 Å². The number of ether oxygens (including phenoxy) is 2. The SMILES string of the molecule is CNS(=O)(=O)c1cccc(C(=O)Nc2ccccc2C(=O)Nc2ccc3c(c2)OCO3)c1. The van der Waals surface area contributed by atoms with E-state index in [1.54, 1.807) is 42.5 Å². The summed E-state index contributed by atoms with van der Waals surface area (Å²) in [5, 5.41) is 5.44. The van der Waals surface area contributed by atoms with Gasteiger partial charge in [-0.3, -0.25) is 9.59 Å². The summed E-state index contributed by atoms with van der Waals surface area (Å²) in [5.74, 6) is 0.131. The largest absolute Gasteiger partial charge is 0.454 e. The summed E-state index contributed by atoms with van der Waals surface area (Å²) >= 11 is 0. The molecule has 164 valence electrons. The monoisotopic (exact) mass is 453 g/mol. The van der Waals surface area contributed by atoms with Gasteiger partial charge >= 0.3 is 0 Å². The van der Waals surface area contributed by atoms with Gasteiger partial charge in [0.1, 0.15) is 0 Å². The number of carbonyl (C=O) groups is 2. The molecule has 4 rings (SSSR count). The molecule has 10 heteroatoms. The van der Waals surface area contributed by atoms with E-state index in [1.807, 2.05) is 0 Å². The molecule has 32 heavy (non-hydrogen) atoms. The first kappa shape index (κ1) is 21.3. The first-order valence-electron chi connectivity index (χ1n) is 9.52. The predicted octanol–water partition coefficient (Wildman–Crippen LogP) is 2.83. The Hall–Kier alpha value is -3.89. The first-order chi connectivity index (χ1) is 15.4. The molecule has 3 aromatic carbocycles. The van der Waals surface area contributed by atoms with Crippen LogP contribution in [0.4, 0.5) is 11.4 Å². The number of para-hydroxylation sites is 1. The minimum absolute atomic E-state index is 0.0403. The Morgan fingerprint density at radius 2 is 1.62 bits per heavy atom. The van der Waals surface area contributed by atoms with Crippen LogP contribution in [0.3, 0.4) is 0 Å². The summed E-state index contributed by atoms with van der Waals surface area (Å²) in [6, 6.07) is 17.1. The molecular weight excluding hydrogens is 434 g/mol. The van der Waals surface area contributed by atoms with Crippen molar-refractivity contribution in [3.63, 3.8) is 0 Å².